The molecular weight excluding hydrogens is 200 g/mol. The maximum Gasteiger partial charge on any atom is 0.132 e. The highest BCUT2D eigenvalue weighted by Gasteiger charge is 2.08. The Labute approximate surface area is 86.1 Å². The third-order valence-electron chi connectivity index (χ3n) is 1.84. The minimum absolute atomic E-state index is 0.186. The smallest absolute Gasteiger partial charge is 0.132 e. The van der Waals surface area contributed by atoms with Crippen LogP contribution in [0.4, 0.5) is 8.78 Å². The van der Waals surface area contributed by atoms with Gasteiger partial charge in [-0.2, -0.15) is 5.26 Å². The Balaban J connectivity index is 2.99. The van der Waals surface area contributed by atoms with Crippen LogP contribution in [0.1, 0.15) is 17.5 Å². The van der Waals surface area contributed by atoms with E-state index in [9.17, 15) is 8.78 Å². The molecule has 0 aliphatic rings. The van der Waals surface area contributed by atoms with Crippen molar-refractivity contribution in [2.45, 2.75) is 13.0 Å². The minimum atomic E-state index is -0.783. The van der Waals surface area contributed by atoms with E-state index in [0.717, 1.165) is 12.1 Å². The fourth-order valence-corrected chi connectivity index (χ4v) is 1.12. The van der Waals surface area contributed by atoms with Crippen LogP contribution in [-0.2, 0) is 6.61 Å². The highest BCUT2D eigenvalue weighted by molar-refractivity contribution is 5.50. The summed E-state index contributed by atoms with van der Waals surface area (Å²) in [5.74, 6) is -1.57. The molecule has 0 aliphatic heterocycles. The molecule has 0 aromatic heterocycles. The molecule has 0 atom stereocenters. The summed E-state index contributed by atoms with van der Waals surface area (Å²) in [4.78, 5) is 0. The van der Waals surface area contributed by atoms with Crippen molar-refractivity contribution in [3.8, 4) is 6.07 Å². The van der Waals surface area contributed by atoms with E-state index in [0.29, 0.717) is 5.56 Å². The highest BCUT2D eigenvalue weighted by atomic mass is 19.1. The summed E-state index contributed by atoms with van der Waals surface area (Å²) < 4.78 is 26.2. The number of halogens is 2. The van der Waals surface area contributed by atoms with E-state index in [2.05, 4.69) is 0 Å². The fourth-order valence-electron chi connectivity index (χ4n) is 1.12. The Kier molecular flexibility index (Phi) is 3.95. The van der Waals surface area contributed by atoms with E-state index >= 15 is 0 Å². The quantitative estimate of drug-likeness (QED) is 0.830. The number of hydrogen-bond donors (Lipinski definition) is 1. The van der Waals surface area contributed by atoms with Gasteiger partial charge in [-0.1, -0.05) is 12.2 Å². The van der Waals surface area contributed by atoms with Gasteiger partial charge in [0.15, 0.2) is 0 Å². The van der Waals surface area contributed by atoms with Crippen molar-refractivity contribution in [2.75, 3.05) is 0 Å². The van der Waals surface area contributed by atoms with Crippen LogP contribution in [0.15, 0.2) is 18.2 Å². The van der Waals surface area contributed by atoms with Gasteiger partial charge in [0.1, 0.15) is 11.6 Å². The van der Waals surface area contributed by atoms with Gasteiger partial charge in [0.05, 0.1) is 19.1 Å². The standard InChI is InChI=1S/C11H9F2NO/c12-10-5-8(3-1-2-4-14)6-11(13)9(10)7-15/h1,3,5-6,15H,2,7H2. The zero-order valence-corrected chi connectivity index (χ0v) is 7.87. The van der Waals surface area contributed by atoms with Gasteiger partial charge < -0.3 is 5.11 Å². The lowest BCUT2D eigenvalue weighted by Crippen LogP contribution is -1.95. The predicted molar refractivity (Wildman–Crippen MR) is 51.5 cm³/mol. The van der Waals surface area contributed by atoms with Crippen LogP contribution in [0.5, 0.6) is 0 Å². The molecule has 0 aliphatic carbocycles. The second-order valence-electron chi connectivity index (χ2n) is 2.89. The molecule has 1 aromatic carbocycles. The van der Waals surface area contributed by atoms with Crippen molar-refractivity contribution in [1.82, 2.24) is 0 Å². The number of hydrogen-bond acceptors (Lipinski definition) is 2. The number of benzene rings is 1. The summed E-state index contributed by atoms with van der Waals surface area (Å²) in [5, 5.41) is 16.9. The minimum Gasteiger partial charge on any atom is -0.391 e. The van der Waals surface area contributed by atoms with Crippen molar-refractivity contribution >= 4 is 6.08 Å². The van der Waals surface area contributed by atoms with Crippen LogP contribution in [0, 0.1) is 23.0 Å². The van der Waals surface area contributed by atoms with Gasteiger partial charge in [0.25, 0.3) is 0 Å². The van der Waals surface area contributed by atoms with Crippen molar-refractivity contribution < 1.29 is 13.9 Å². The molecule has 78 valence electrons. The van der Waals surface area contributed by atoms with Gasteiger partial charge in [-0.15, -0.1) is 0 Å². The van der Waals surface area contributed by atoms with Crippen LogP contribution < -0.4 is 0 Å². The summed E-state index contributed by atoms with van der Waals surface area (Å²) in [5.41, 5.74) is -0.00937. The second kappa shape index (κ2) is 5.23. The van der Waals surface area contributed by atoms with E-state index in [4.69, 9.17) is 10.4 Å². The van der Waals surface area contributed by atoms with Crippen LogP contribution in [-0.4, -0.2) is 5.11 Å². The number of rotatable bonds is 3. The monoisotopic (exact) mass is 209 g/mol. The maximum absolute atomic E-state index is 13.1. The molecule has 1 aromatic rings. The molecule has 0 saturated carbocycles. The van der Waals surface area contributed by atoms with Gasteiger partial charge in [-0.25, -0.2) is 8.78 Å². The molecule has 2 nitrogen and oxygen atoms in total. The van der Waals surface area contributed by atoms with Gasteiger partial charge in [0.2, 0.25) is 0 Å². The van der Waals surface area contributed by atoms with Crippen LogP contribution in [0.25, 0.3) is 6.08 Å². The van der Waals surface area contributed by atoms with Crippen molar-refractivity contribution in [1.29, 1.82) is 5.26 Å². The SMILES string of the molecule is N#CCC=Cc1cc(F)c(CO)c(F)c1. The first-order valence-corrected chi connectivity index (χ1v) is 4.31. The molecule has 15 heavy (non-hydrogen) atoms. The summed E-state index contributed by atoms with van der Waals surface area (Å²) in [6.45, 7) is -0.667. The maximum atomic E-state index is 13.1. The molecule has 0 saturated heterocycles. The summed E-state index contributed by atoms with van der Waals surface area (Å²) in [6.07, 6.45) is 3.15. The Morgan fingerprint density at radius 1 is 1.33 bits per heavy atom. The topological polar surface area (TPSA) is 44.0 Å². The van der Waals surface area contributed by atoms with E-state index in [1.165, 1.54) is 12.2 Å². The van der Waals surface area contributed by atoms with E-state index in [1.54, 1.807) is 0 Å². The molecule has 0 spiro atoms. The third kappa shape index (κ3) is 2.86. The van der Waals surface area contributed by atoms with Gasteiger partial charge in [-0.05, 0) is 17.7 Å². The third-order valence-corrected chi connectivity index (χ3v) is 1.84. The van der Waals surface area contributed by atoms with Crippen molar-refractivity contribution in [3.63, 3.8) is 0 Å². The Morgan fingerprint density at radius 2 is 1.93 bits per heavy atom. The molecule has 1 rings (SSSR count). The van der Waals surface area contributed by atoms with Crippen LogP contribution in [0.2, 0.25) is 0 Å². The van der Waals surface area contributed by atoms with Gasteiger partial charge >= 0.3 is 0 Å². The average Bonchev–Trinajstić information content (AvgIpc) is 2.18. The van der Waals surface area contributed by atoms with Gasteiger partial charge in [-0.3, -0.25) is 0 Å². The first kappa shape index (κ1) is 11.3. The molecule has 0 radical (unpaired) electrons. The molecular formula is C11H9F2NO. The molecule has 0 heterocycles. The highest BCUT2D eigenvalue weighted by Crippen LogP contribution is 2.16. The molecule has 0 unspecified atom stereocenters. The zero-order chi connectivity index (χ0) is 11.3. The number of allylic oxidation sites excluding steroid dienone is 1. The van der Waals surface area contributed by atoms with E-state index in [1.807, 2.05) is 6.07 Å². The lowest BCUT2D eigenvalue weighted by molar-refractivity contribution is 0.269. The van der Waals surface area contributed by atoms with E-state index < -0.39 is 18.2 Å². The zero-order valence-electron chi connectivity index (χ0n) is 7.87. The average molecular weight is 209 g/mol. The molecule has 0 bridgehead atoms. The lowest BCUT2D eigenvalue weighted by atomic mass is 10.1. The normalized spacial score (nSPS) is 10.5. The number of nitriles is 1. The number of aliphatic hydroxyl groups is 1. The van der Waals surface area contributed by atoms with Gasteiger partial charge in [0, 0.05) is 5.56 Å². The first-order valence-electron chi connectivity index (χ1n) is 4.31. The Hall–Kier alpha value is -1.73. The predicted octanol–water partition coefficient (Wildman–Crippen LogP) is 2.38. The molecule has 4 heteroatoms. The van der Waals surface area contributed by atoms with Crippen molar-refractivity contribution in [2.24, 2.45) is 0 Å². The van der Waals surface area contributed by atoms with Crippen molar-refractivity contribution in [3.05, 3.63) is 41.0 Å². The lowest BCUT2D eigenvalue weighted by Gasteiger charge is -2.02. The number of nitrogens with zero attached hydrogens (tertiary/aromatic N) is 1. The summed E-state index contributed by atoms with van der Waals surface area (Å²) in [7, 11) is 0. The number of aliphatic hydroxyl groups excluding tert-OH is 1. The second-order valence-corrected chi connectivity index (χ2v) is 2.89. The fraction of sp³-hybridized carbons (Fsp3) is 0.182. The Morgan fingerprint density at radius 3 is 2.40 bits per heavy atom. The van der Waals surface area contributed by atoms with Crippen LogP contribution >= 0.6 is 0 Å². The first-order chi connectivity index (χ1) is 7.19. The largest absolute Gasteiger partial charge is 0.391 e. The molecule has 1 N–H and O–H groups in total. The molecule has 0 fully saturated rings. The summed E-state index contributed by atoms with van der Waals surface area (Å²) in [6, 6.07) is 4.10. The summed E-state index contributed by atoms with van der Waals surface area (Å²) >= 11 is 0. The Bertz CT molecular complexity index is 398. The van der Waals surface area contributed by atoms with E-state index in [-0.39, 0.29) is 12.0 Å². The van der Waals surface area contributed by atoms with Crippen LogP contribution in [0.3, 0.4) is 0 Å². The molecule has 0 amide bonds.